The highest BCUT2D eigenvalue weighted by Gasteiger charge is 2.86. The quantitative estimate of drug-likeness (QED) is 0.155. The number of alkyl halides is 12. The van der Waals surface area contributed by atoms with E-state index in [0.29, 0.717) is 53.0 Å². The lowest BCUT2D eigenvalue weighted by Gasteiger charge is -2.47. The van der Waals surface area contributed by atoms with Crippen LogP contribution in [-0.2, 0) is 5.41 Å². The normalized spacial score (nSPS) is 28.7. The minimum Gasteiger partial charge on any atom is -0.194 e. The second kappa shape index (κ2) is 17.6. The van der Waals surface area contributed by atoms with Gasteiger partial charge in [-0.15, -0.1) is 47.0 Å². The number of allylic oxidation sites excluding steroid dienone is 8. The van der Waals surface area contributed by atoms with Gasteiger partial charge in [0.15, 0.2) is 0 Å². The molecule has 5 aliphatic carbocycles. The van der Waals surface area contributed by atoms with Gasteiger partial charge in [0.2, 0.25) is 0 Å². The predicted molar refractivity (Wildman–Crippen MR) is 320 cm³/mol. The van der Waals surface area contributed by atoms with Crippen molar-refractivity contribution in [3.05, 3.63) is 270 Å². The second-order valence-corrected chi connectivity index (χ2v) is 29.4. The summed E-state index contributed by atoms with van der Waals surface area (Å²) in [4.78, 5) is 1.51. The van der Waals surface area contributed by atoms with Gasteiger partial charge in [-0.2, -0.15) is 63.2 Å². The van der Waals surface area contributed by atoms with E-state index in [4.69, 9.17) is 0 Å². The monoisotopic (exact) mass is 1250 g/mol. The van der Waals surface area contributed by atoms with E-state index in [9.17, 15) is 10.5 Å². The molecule has 4 aliphatic heterocycles. The fourth-order valence-electron chi connectivity index (χ4n) is 14.6. The van der Waals surface area contributed by atoms with Crippen LogP contribution in [0.25, 0.3) is 30.7 Å². The summed E-state index contributed by atoms with van der Waals surface area (Å²) >= 11 is 4.48. The zero-order valence-corrected chi connectivity index (χ0v) is 49.0. The van der Waals surface area contributed by atoms with Gasteiger partial charge in [0.25, 0.3) is 0 Å². The number of halogens is 12. The van der Waals surface area contributed by atoms with Gasteiger partial charge in [-0.25, -0.2) is 0 Å². The Labute approximate surface area is 507 Å². The molecule has 0 aromatic heterocycles. The molecule has 18 heteroatoms. The van der Waals surface area contributed by atoms with Gasteiger partial charge in [-0.1, -0.05) is 121 Å². The van der Waals surface area contributed by atoms with Gasteiger partial charge >= 0.3 is 35.5 Å². The molecule has 4 unspecified atom stereocenters. The molecule has 2 nitrogen and oxygen atoms in total. The van der Waals surface area contributed by atoms with Crippen LogP contribution in [0.4, 0.5) is 52.7 Å². The molecular weight excluding hydrogens is 1210 g/mol. The van der Waals surface area contributed by atoms with Crippen molar-refractivity contribution in [1.82, 2.24) is 0 Å². The van der Waals surface area contributed by atoms with Crippen molar-refractivity contribution in [1.29, 1.82) is 10.5 Å². The smallest absolute Gasteiger partial charge is 0.194 e. The van der Waals surface area contributed by atoms with E-state index in [-0.39, 0.29) is 22.3 Å². The molecule has 87 heavy (non-hydrogen) atoms. The summed E-state index contributed by atoms with van der Waals surface area (Å²) in [5.74, 6) is -32.5. The molecule has 0 radical (unpaired) electrons. The summed E-state index contributed by atoms with van der Waals surface area (Å²) in [5, 5.41) is 18.9. The Hall–Kier alpha value is -7.22. The van der Waals surface area contributed by atoms with Gasteiger partial charge < -0.3 is 0 Å². The first kappa shape index (κ1) is 56.3. The van der Waals surface area contributed by atoms with E-state index >= 15 is 52.7 Å². The third-order valence-electron chi connectivity index (χ3n) is 19.4. The maximum atomic E-state index is 16.4. The minimum absolute atomic E-state index is 0.316. The van der Waals surface area contributed by atoms with Crippen molar-refractivity contribution in [3.63, 3.8) is 0 Å². The van der Waals surface area contributed by atoms with E-state index < -0.39 is 82.2 Å². The maximum Gasteiger partial charge on any atom is 0.380 e. The van der Waals surface area contributed by atoms with E-state index in [0.717, 1.165) is 80.4 Å². The fraction of sp³-hybridized carbons (Fsp3) is 0.217. The largest absolute Gasteiger partial charge is 0.380 e. The Morgan fingerprint density at radius 2 is 0.563 bits per heavy atom. The number of fused-ring (bicyclic) bond motifs is 11. The molecule has 4 heterocycles. The first-order chi connectivity index (χ1) is 41.0. The van der Waals surface area contributed by atoms with Crippen LogP contribution in [0.2, 0.25) is 0 Å². The van der Waals surface area contributed by atoms with Crippen molar-refractivity contribution >= 4 is 66.7 Å². The van der Waals surface area contributed by atoms with Crippen LogP contribution in [0, 0.1) is 22.7 Å². The molecule has 0 N–H and O–H groups in total. The Bertz CT molecular complexity index is 4250. The van der Waals surface area contributed by atoms with E-state index in [1.54, 1.807) is 76.2 Å². The molecule has 0 amide bonds. The Morgan fingerprint density at radius 1 is 0.322 bits per heavy atom. The number of thioether (sulfide) groups is 4. The number of nitrogens with zero attached hydrogens (tertiary/aromatic N) is 2. The Morgan fingerprint density at radius 3 is 0.816 bits per heavy atom. The number of hydrogen-bond donors (Lipinski definition) is 0. The van der Waals surface area contributed by atoms with Crippen molar-refractivity contribution in [2.75, 3.05) is 0 Å². The zero-order chi connectivity index (χ0) is 61.4. The standard InChI is InChI=1S/C69H40F12N2S4/c1-59-47(29-51(84-59)37-17-13-35(33-82)14-18-37)55-57(66(74,75)68(78,79)64(55,70)71)49-31-53(86-61(49,59)3)39-21-25-41(26-22-39)63(45-11-7-5-9-43(45)44-10-6-8-12-46(44)63)42-27-23-40(24-28-42)54-32-50-58-56(65(72,73)69(80,81)67(58,76)77)48-30-52(38-19-15-36(34-83)16-20-38)85-60(48,2)62(50,4)87-54/h5-32H,1-4H3. The van der Waals surface area contributed by atoms with Crippen molar-refractivity contribution in [2.24, 2.45) is 0 Å². The van der Waals surface area contributed by atoms with Gasteiger partial charge in [0.05, 0.1) is 47.7 Å². The van der Waals surface area contributed by atoms with Gasteiger partial charge in [0, 0.05) is 41.9 Å². The van der Waals surface area contributed by atoms with Gasteiger partial charge in [-0.05, 0) is 154 Å². The highest BCUT2D eigenvalue weighted by atomic mass is 32.2. The molecule has 6 aromatic rings. The summed E-state index contributed by atoms with van der Waals surface area (Å²) in [6.07, 6.45) is 5.27. The molecule has 434 valence electrons. The molecule has 4 atom stereocenters. The van der Waals surface area contributed by atoms with E-state index in [2.05, 4.69) is 0 Å². The number of benzene rings is 6. The van der Waals surface area contributed by atoms with Crippen LogP contribution in [0.3, 0.4) is 0 Å². The molecule has 9 aliphatic rings. The topological polar surface area (TPSA) is 47.6 Å². The highest BCUT2D eigenvalue weighted by molar-refractivity contribution is 8.14. The summed E-state index contributed by atoms with van der Waals surface area (Å²) in [5.41, 5.74) is -0.424. The predicted octanol–water partition coefficient (Wildman–Crippen LogP) is 19.6. The van der Waals surface area contributed by atoms with Gasteiger partial charge in [-0.3, -0.25) is 0 Å². The molecule has 2 saturated carbocycles. The van der Waals surface area contributed by atoms with Crippen molar-refractivity contribution in [3.8, 4) is 23.3 Å². The maximum absolute atomic E-state index is 16.4. The molecule has 15 rings (SSSR count). The van der Waals surface area contributed by atoms with E-state index in [1.165, 1.54) is 48.6 Å². The fourth-order valence-corrected chi connectivity index (χ4v) is 20.9. The van der Waals surface area contributed by atoms with Gasteiger partial charge in [0.1, 0.15) is 0 Å². The Balaban J connectivity index is 0.833. The molecule has 0 bridgehead atoms. The minimum atomic E-state index is -5.76. The summed E-state index contributed by atoms with van der Waals surface area (Å²) in [6, 6.07) is 46.6. The van der Waals surface area contributed by atoms with Crippen LogP contribution in [0.5, 0.6) is 0 Å². The SMILES string of the molecule is CC12SC(c3ccc(C#N)cc3)=CC1=C1C(=C3C=C(c4ccc(C5(c6ccc(C7=CC8=C9C(=C%10C=C(c%11ccc(C#N)cc%11)SC%10(C)C8(C)S7)C(F)(F)C(F)(F)C9(F)F)cc6)c6ccccc6-c6ccccc65)cc4)SC32C)C(F)(F)C(F)(F)C1(F)F. The summed E-state index contributed by atoms with van der Waals surface area (Å²) in [6.45, 7) is 6.45. The van der Waals surface area contributed by atoms with Crippen LogP contribution < -0.4 is 0 Å². The number of rotatable bonds is 6. The first-order valence-corrected chi connectivity index (χ1v) is 30.6. The zero-order valence-electron chi connectivity index (χ0n) is 45.7. The van der Waals surface area contributed by atoms with Crippen molar-refractivity contribution < 1.29 is 52.7 Å². The lowest BCUT2D eigenvalue weighted by atomic mass is 9.67. The average Bonchev–Trinajstić information content (AvgIpc) is 1.50. The summed E-state index contributed by atoms with van der Waals surface area (Å²) in [7, 11) is 0. The molecular formula is C69H40F12N2S4. The highest BCUT2D eigenvalue weighted by Crippen LogP contribution is 2.78. The average molecular weight is 1250 g/mol. The lowest BCUT2D eigenvalue weighted by molar-refractivity contribution is -0.258. The first-order valence-electron chi connectivity index (χ1n) is 27.3. The number of nitriles is 2. The molecule has 6 aromatic carbocycles. The van der Waals surface area contributed by atoms with Crippen molar-refractivity contribution in [2.45, 2.75) is 87.6 Å². The Kier molecular flexibility index (Phi) is 11.4. The molecule has 2 fully saturated rings. The third-order valence-corrected chi connectivity index (χ3v) is 26.1. The molecule has 0 saturated heterocycles. The third kappa shape index (κ3) is 6.62. The second-order valence-electron chi connectivity index (χ2n) is 23.6. The van der Waals surface area contributed by atoms with E-state index in [1.807, 2.05) is 84.9 Å². The number of hydrogen-bond acceptors (Lipinski definition) is 6. The van der Waals surface area contributed by atoms with Crippen LogP contribution in [0.15, 0.2) is 214 Å². The van der Waals surface area contributed by atoms with Crippen LogP contribution >= 0.6 is 47.0 Å². The van der Waals surface area contributed by atoms with Crippen LogP contribution in [0.1, 0.15) is 83.3 Å². The lowest BCUT2D eigenvalue weighted by Crippen LogP contribution is -2.48. The molecule has 0 spiro atoms. The summed E-state index contributed by atoms with van der Waals surface area (Å²) < 4.78 is 188. The van der Waals surface area contributed by atoms with Crippen LogP contribution in [-0.4, -0.2) is 54.5 Å².